The molecule has 0 spiro atoms. The molecule has 0 aliphatic heterocycles. The lowest BCUT2D eigenvalue weighted by Gasteiger charge is -2.16. The zero-order chi connectivity index (χ0) is 23.2. The van der Waals surface area contributed by atoms with Crippen LogP contribution in [0.2, 0.25) is 0 Å². The lowest BCUT2D eigenvalue weighted by atomic mass is 10.1. The Kier molecular flexibility index (Phi) is 7.56. The zero-order valence-corrected chi connectivity index (χ0v) is 16.0. The summed E-state index contributed by atoms with van der Waals surface area (Å²) in [5.74, 6) is -4.64. The summed E-state index contributed by atoms with van der Waals surface area (Å²) in [6, 6.07) is 6.62. The Bertz CT molecular complexity index is 952. The minimum Gasteiger partial charge on any atom is -0.503 e. The van der Waals surface area contributed by atoms with Crippen molar-refractivity contribution in [3.05, 3.63) is 65.4 Å². The average Bonchev–Trinajstić information content (AvgIpc) is 2.69. The van der Waals surface area contributed by atoms with Crippen molar-refractivity contribution < 1.29 is 41.4 Å². The molecule has 0 fully saturated rings. The molecule has 0 bridgehead atoms. The molecule has 0 atom stereocenters. The number of aldehydes is 1. The van der Waals surface area contributed by atoms with Crippen LogP contribution in [0, 0.1) is 11.6 Å². The first-order valence-corrected chi connectivity index (χ1v) is 8.70. The molecule has 0 aliphatic rings. The van der Waals surface area contributed by atoms with E-state index in [-0.39, 0.29) is 30.0 Å². The van der Waals surface area contributed by atoms with E-state index in [4.69, 9.17) is 5.11 Å². The summed E-state index contributed by atoms with van der Waals surface area (Å²) in [6.07, 6.45) is -3.30. The van der Waals surface area contributed by atoms with Crippen molar-refractivity contribution in [1.29, 1.82) is 0 Å². The van der Waals surface area contributed by atoms with E-state index in [0.717, 1.165) is 30.3 Å². The minimum atomic E-state index is -4.79. The van der Waals surface area contributed by atoms with Crippen LogP contribution in [0.4, 0.5) is 27.6 Å². The predicted octanol–water partition coefficient (Wildman–Crippen LogP) is 3.76. The molecule has 2 aromatic rings. The van der Waals surface area contributed by atoms with E-state index in [1.807, 2.05) is 0 Å². The highest BCUT2D eigenvalue weighted by Gasteiger charge is 2.30. The molecule has 2 N–H and O–H groups in total. The summed E-state index contributed by atoms with van der Waals surface area (Å²) in [4.78, 5) is 24.7. The molecular weight excluding hydrogens is 427 g/mol. The Hall–Kier alpha value is -3.63. The topological polar surface area (TPSA) is 78.9 Å². The molecule has 0 aromatic heterocycles. The van der Waals surface area contributed by atoms with Crippen LogP contribution in [-0.4, -0.2) is 42.2 Å². The van der Waals surface area contributed by atoms with Crippen molar-refractivity contribution in [2.75, 3.05) is 18.9 Å². The molecule has 0 aliphatic carbocycles. The molecule has 31 heavy (non-hydrogen) atoms. The number of halogens is 5. The van der Waals surface area contributed by atoms with Gasteiger partial charge in [-0.25, -0.2) is 8.78 Å². The highest BCUT2D eigenvalue weighted by atomic mass is 19.4. The van der Waals surface area contributed by atoms with E-state index in [1.165, 1.54) is 24.1 Å². The van der Waals surface area contributed by atoms with Gasteiger partial charge in [-0.05, 0) is 24.1 Å². The number of amides is 1. The number of hydrogen-bond donors (Lipinski definition) is 2. The SMILES string of the molecule is CN(CCc1ccc(OC(F)(F)F)cc1)C(=O)/C=C(\C=O)Nc1cc(F)c(O)c(F)c1. The van der Waals surface area contributed by atoms with Gasteiger partial charge >= 0.3 is 6.36 Å². The maximum absolute atomic E-state index is 13.4. The third-order valence-electron chi connectivity index (χ3n) is 3.98. The van der Waals surface area contributed by atoms with Crippen molar-refractivity contribution >= 4 is 17.9 Å². The summed E-state index contributed by atoms with van der Waals surface area (Å²) in [7, 11) is 1.43. The summed E-state index contributed by atoms with van der Waals surface area (Å²) in [5.41, 5.74) is 0.166. The number of alkyl halides is 3. The quantitative estimate of drug-likeness (QED) is 0.281. The number of phenols is 1. The largest absolute Gasteiger partial charge is 0.573 e. The molecular formula is C20H17F5N2O4. The van der Waals surface area contributed by atoms with Gasteiger partial charge in [0.05, 0.1) is 5.70 Å². The fraction of sp³-hybridized carbons (Fsp3) is 0.200. The molecule has 166 valence electrons. The van der Waals surface area contributed by atoms with Gasteiger partial charge in [0.2, 0.25) is 5.91 Å². The molecule has 0 unspecified atom stereocenters. The zero-order valence-electron chi connectivity index (χ0n) is 16.0. The van der Waals surface area contributed by atoms with Gasteiger partial charge in [0.1, 0.15) is 5.75 Å². The number of nitrogens with one attached hydrogen (secondary N) is 1. The molecule has 0 radical (unpaired) electrons. The van der Waals surface area contributed by atoms with Crippen molar-refractivity contribution in [1.82, 2.24) is 4.90 Å². The Morgan fingerprint density at radius 3 is 2.26 bits per heavy atom. The minimum absolute atomic E-state index is 0.170. The molecule has 0 heterocycles. The van der Waals surface area contributed by atoms with Crippen LogP contribution >= 0.6 is 0 Å². The molecule has 1 amide bonds. The number of phenolic OH excluding ortho intramolecular Hbond substituents is 1. The Morgan fingerprint density at radius 2 is 1.74 bits per heavy atom. The maximum atomic E-state index is 13.4. The number of benzene rings is 2. The number of carbonyl (C=O) groups is 2. The van der Waals surface area contributed by atoms with Crippen molar-refractivity contribution in [2.45, 2.75) is 12.8 Å². The number of ether oxygens (including phenoxy) is 1. The molecule has 0 saturated heterocycles. The summed E-state index contributed by atoms with van der Waals surface area (Å²) >= 11 is 0. The molecule has 2 aromatic carbocycles. The van der Waals surface area contributed by atoms with E-state index in [9.17, 15) is 31.5 Å². The third-order valence-corrected chi connectivity index (χ3v) is 3.98. The standard InChI is InChI=1S/C20H17F5N2O4/c1-27(7-6-12-2-4-15(5-3-12)31-20(23,24)25)18(29)10-14(11-28)26-13-8-16(21)19(30)17(22)9-13/h2-5,8-11,26,30H,6-7H2,1H3/b14-10+. The van der Waals surface area contributed by atoms with Gasteiger partial charge in [-0.15, -0.1) is 13.2 Å². The lowest BCUT2D eigenvalue weighted by molar-refractivity contribution is -0.274. The fourth-order valence-electron chi connectivity index (χ4n) is 2.41. The lowest BCUT2D eigenvalue weighted by Crippen LogP contribution is -2.28. The molecule has 2 rings (SSSR count). The first kappa shape index (κ1) is 23.6. The van der Waals surface area contributed by atoms with Crippen LogP contribution < -0.4 is 10.1 Å². The van der Waals surface area contributed by atoms with Crippen molar-refractivity contribution in [2.24, 2.45) is 0 Å². The van der Waals surface area contributed by atoms with Gasteiger partial charge in [0.25, 0.3) is 0 Å². The second-order valence-electron chi connectivity index (χ2n) is 6.33. The number of aromatic hydroxyl groups is 1. The smallest absolute Gasteiger partial charge is 0.503 e. The van der Waals surface area contributed by atoms with E-state index in [0.29, 0.717) is 12.0 Å². The van der Waals surface area contributed by atoms with Crippen LogP contribution in [0.5, 0.6) is 11.5 Å². The van der Waals surface area contributed by atoms with Gasteiger partial charge in [-0.1, -0.05) is 12.1 Å². The Balaban J connectivity index is 1.96. The number of nitrogens with zero attached hydrogens (tertiary/aromatic N) is 1. The predicted molar refractivity (Wildman–Crippen MR) is 100 cm³/mol. The second-order valence-corrected chi connectivity index (χ2v) is 6.33. The van der Waals surface area contributed by atoms with Crippen LogP contribution in [0.3, 0.4) is 0 Å². The van der Waals surface area contributed by atoms with Gasteiger partial charge in [0, 0.05) is 37.5 Å². The molecule has 6 nitrogen and oxygen atoms in total. The van der Waals surface area contributed by atoms with Gasteiger partial charge in [-0.3, -0.25) is 9.59 Å². The van der Waals surface area contributed by atoms with Crippen molar-refractivity contribution in [3.8, 4) is 11.5 Å². The number of allylic oxidation sites excluding steroid dienone is 1. The second kappa shape index (κ2) is 9.92. The van der Waals surface area contributed by atoms with Gasteiger partial charge < -0.3 is 20.1 Å². The fourth-order valence-corrected chi connectivity index (χ4v) is 2.41. The number of anilines is 1. The van der Waals surface area contributed by atoms with E-state index in [1.54, 1.807) is 0 Å². The third kappa shape index (κ3) is 7.28. The van der Waals surface area contributed by atoms with Crippen molar-refractivity contribution in [3.63, 3.8) is 0 Å². The van der Waals surface area contributed by atoms with Crippen LogP contribution in [0.15, 0.2) is 48.2 Å². The monoisotopic (exact) mass is 444 g/mol. The number of carbonyl (C=O) groups excluding carboxylic acids is 2. The Morgan fingerprint density at radius 1 is 1.16 bits per heavy atom. The first-order valence-electron chi connectivity index (χ1n) is 8.70. The molecule has 11 heteroatoms. The highest BCUT2D eigenvalue weighted by Crippen LogP contribution is 2.25. The van der Waals surface area contributed by atoms with E-state index < -0.39 is 29.7 Å². The number of likely N-dealkylation sites (N-methyl/N-ethyl adjacent to an activating group) is 1. The average molecular weight is 444 g/mol. The van der Waals surface area contributed by atoms with E-state index in [2.05, 4.69) is 10.1 Å². The number of rotatable bonds is 8. The summed E-state index contributed by atoms with van der Waals surface area (Å²) in [5, 5.41) is 11.4. The van der Waals surface area contributed by atoms with Gasteiger partial charge in [0.15, 0.2) is 23.7 Å². The summed E-state index contributed by atoms with van der Waals surface area (Å²) < 4.78 is 67.0. The van der Waals surface area contributed by atoms with E-state index >= 15 is 0 Å². The summed E-state index contributed by atoms with van der Waals surface area (Å²) in [6.45, 7) is 0.170. The van der Waals surface area contributed by atoms with Crippen LogP contribution in [0.25, 0.3) is 0 Å². The maximum Gasteiger partial charge on any atom is 0.573 e. The normalized spacial score (nSPS) is 11.7. The molecule has 0 saturated carbocycles. The Labute approximate surface area is 173 Å². The van der Waals surface area contributed by atoms with Crippen LogP contribution in [0.1, 0.15) is 5.56 Å². The highest BCUT2D eigenvalue weighted by molar-refractivity contribution is 5.95. The van der Waals surface area contributed by atoms with Gasteiger partial charge in [-0.2, -0.15) is 0 Å². The number of hydrogen-bond acceptors (Lipinski definition) is 5. The van der Waals surface area contributed by atoms with Crippen LogP contribution in [-0.2, 0) is 16.0 Å². The first-order chi connectivity index (χ1) is 14.5.